The van der Waals surface area contributed by atoms with Gasteiger partial charge in [-0.05, 0) is 18.8 Å². The molecule has 0 spiro atoms. The number of nitro groups is 1. The molecule has 7 heteroatoms. The van der Waals surface area contributed by atoms with Crippen molar-refractivity contribution in [2.24, 2.45) is 11.7 Å². The van der Waals surface area contributed by atoms with Gasteiger partial charge in [-0.25, -0.2) is 4.39 Å². The first-order valence-corrected chi connectivity index (χ1v) is 6.39. The van der Waals surface area contributed by atoms with Crippen LogP contribution >= 0.6 is 11.6 Å². The molecule has 19 heavy (non-hydrogen) atoms. The van der Waals surface area contributed by atoms with Gasteiger partial charge in [0.2, 0.25) is 0 Å². The Kier molecular flexibility index (Phi) is 3.91. The smallest absolute Gasteiger partial charge is 0.294 e. The Morgan fingerprint density at radius 3 is 2.74 bits per heavy atom. The summed E-state index contributed by atoms with van der Waals surface area (Å²) in [6.07, 6.45) is 2.10. The Balaban J connectivity index is 2.41. The number of hydrogen-bond donors (Lipinski definition) is 1. The van der Waals surface area contributed by atoms with Gasteiger partial charge in [0.15, 0.2) is 0 Å². The SMILES string of the molecule is CN(c1cc(F)c(Cl)cc1[N+](=O)[O-])C(CN)C1CC1. The van der Waals surface area contributed by atoms with Crippen molar-refractivity contribution < 1.29 is 9.31 Å². The molecule has 2 N–H and O–H groups in total. The normalized spacial score (nSPS) is 16.2. The number of benzene rings is 1. The second kappa shape index (κ2) is 5.30. The summed E-state index contributed by atoms with van der Waals surface area (Å²) in [6, 6.07) is 2.13. The van der Waals surface area contributed by atoms with E-state index in [0.29, 0.717) is 12.5 Å². The van der Waals surface area contributed by atoms with Gasteiger partial charge in [-0.15, -0.1) is 0 Å². The van der Waals surface area contributed by atoms with Gasteiger partial charge in [0.1, 0.15) is 11.5 Å². The van der Waals surface area contributed by atoms with Crippen molar-refractivity contribution in [2.45, 2.75) is 18.9 Å². The van der Waals surface area contributed by atoms with Crippen LogP contribution in [0.2, 0.25) is 5.02 Å². The van der Waals surface area contributed by atoms with Crippen LogP contribution < -0.4 is 10.6 Å². The van der Waals surface area contributed by atoms with Crippen LogP contribution in [0.5, 0.6) is 0 Å². The van der Waals surface area contributed by atoms with Crippen LogP contribution in [0, 0.1) is 21.8 Å². The molecule has 1 aliphatic carbocycles. The second-order valence-corrected chi connectivity index (χ2v) is 5.17. The average molecular weight is 288 g/mol. The maximum absolute atomic E-state index is 13.6. The van der Waals surface area contributed by atoms with Crippen LogP contribution in [-0.4, -0.2) is 24.6 Å². The van der Waals surface area contributed by atoms with E-state index in [4.69, 9.17) is 17.3 Å². The highest BCUT2D eigenvalue weighted by molar-refractivity contribution is 6.31. The Bertz CT molecular complexity index is 508. The summed E-state index contributed by atoms with van der Waals surface area (Å²) in [7, 11) is 1.70. The number of rotatable bonds is 5. The lowest BCUT2D eigenvalue weighted by Gasteiger charge is -2.28. The van der Waals surface area contributed by atoms with E-state index in [-0.39, 0.29) is 22.4 Å². The highest BCUT2D eigenvalue weighted by Crippen LogP contribution is 2.39. The van der Waals surface area contributed by atoms with Crippen molar-refractivity contribution in [3.63, 3.8) is 0 Å². The van der Waals surface area contributed by atoms with Crippen molar-refractivity contribution in [1.82, 2.24) is 0 Å². The molecule has 0 heterocycles. The number of anilines is 1. The first-order chi connectivity index (χ1) is 8.95. The van der Waals surface area contributed by atoms with Crippen molar-refractivity contribution in [2.75, 3.05) is 18.5 Å². The molecule has 5 nitrogen and oxygen atoms in total. The summed E-state index contributed by atoms with van der Waals surface area (Å²) < 4.78 is 13.6. The molecule has 104 valence electrons. The maximum Gasteiger partial charge on any atom is 0.294 e. The first kappa shape index (κ1) is 14.0. The predicted molar refractivity (Wildman–Crippen MR) is 72.0 cm³/mol. The number of hydrogen-bond acceptors (Lipinski definition) is 4. The maximum atomic E-state index is 13.6. The molecule has 0 bridgehead atoms. The van der Waals surface area contributed by atoms with Crippen molar-refractivity contribution in [3.8, 4) is 0 Å². The lowest BCUT2D eigenvalue weighted by Crippen LogP contribution is -2.40. The van der Waals surface area contributed by atoms with Gasteiger partial charge in [0.05, 0.1) is 9.95 Å². The number of halogens is 2. The highest BCUT2D eigenvalue weighted by Gasteiger charge is 2.35. The minimum atomic E-state index is -0.666. The third kappa shape index (κ3) is 2.79. The topological polar surface area (TPSA) is 72.4 Å². The molecule has 0 aromatic heterocycles. The summed E-state index contributed by atoms with van der Waals surface area (Å²) >= 11 is 5.60. The minimum absolute atomic E-state index is 0.0146. The third-order valence-electron chi connectivity index (χ3n) is 3.50. The second-order valence-electron chi connectivity index (χ2n) is 4.76. The number of nitro benzene ring substituents is 1. The Morgan fingerprint density at radius 1 is 1.63 bits per heavy atom. The van der Waals surface area contributed by atoms with Gasteiger partial charge in [-0.3, -0.25) is 10.1 Å². The lowest BCUT2D eigenvalue weighted by atomic mass is 10.1. The minimum Gasteiger partial charge on any atom is -0.364 e. The largest absolute Gasteiger partial charge is 0.364 e. The van der Waals surface area contributed by atoms with Gasteiger partial charge in [-0.2, -0.15) is 0 Å². The quantitative estimate of drug-likeness (QED) is 0.667. The van der Waals surface area contributed by atoms with E-state index in [2.05, 4.69) is 0 Å². The Hall–Kier alpha value is -1.40. The molecule has 1 unspecified atom stereocenters. The van der Waals surface area contributed by atoms with Crippen molar-refractivity contribution in [1.29, 1.82) is 0 Å². The zero-order valence-electron chi connectivity index (χ0n) is 10.5. The van der Waals surface area contributed by atoms with E-state index in [9.17, 15) is 14.5 Å². The molecule has 1 aromatic carbocycles. The molecule has 0 aliphatic heterocycles. The summed E-state index contributed by atoms with van der Waals surface area (Å²) in [5.41, 5.74) is 5.73. The third-order valence-corrected chi connectivity index (χ3v) is 3.79. The summed E-state index contributed by atoms with van der Waals surface area (Å²) in [6.45, 7) is 0.378. The molecule has 1 aromatic rings. The predicted octanol–water partition coefficient (Wildman–Crippen LogP) is 2.56. The van der Waals surface area contributed by atoms with Crippen LogP contribution in [0.4, 0.5) is 15.8 Å². The van der Waals surface area contributed by atoms with Gasteiger partial charge in [0.25, 0.3) is 5.69 Å². The fourth-order valence-corrected chi connectivity index (χ4v) is 2.44. The number of nitrogens with two attached hydrogens (primary N) is 1. The monoisotopic (exact) mass is 287 g/mol. The summed E-state index contributed by atoms with van der Waals surface area (Å²) in [4.78, 5) is 12.2. The molecule has 1 aliphatic rings. The van der Waals surface area contributed by atoms with E-state index in [1.54, 1.807) is 11.9 Å². The zero-order valence-corrected chi connectivity index (χ0v) is 11.2. The van der Waals surface area contributed by atoms with Crippen LogP contribution in [0.1, 0.15) is 12.8 Å². The molecular weight excluding hydrogens is 273 g/mol. The summed E-state index contributed by atoms with van der Waals surface area (Å²) in [5.74, 6) is -0.242. The van der Waals surface area contributed by atoms with Gasteiger partial charge in [0, 0.05) is 31.8 Å². The molecule has 1 atom stereocenters. The zero-order chi connectivity index (χ0) is 14.2. The van der Waals surface area contributed by atoms with Crippen LogP contribution in [0.25, 0.3) is 0 Å². The van der Waals surface area contributed by atoms with Crippen molar-refractivity contribution >= 4 is 23.0 Å². The van der Waals surface area contributed by atoms with Crippen LogP contribution in [0.3, 0.4) is 0 Å². The van der Waals surface area contributed by atoms with Crippen molar-refractivity contribution in [3.05, 3.63) is 33.1 Å². The first-order valence-electron chi connectivity index (χ1n) is 6.02. The van der Waals surface area contributed by atoms with Crippen LogP contribution in [-0.2, 0) is 0 Å². The Morgan fingerprint density at radius 2 is 2.26 bits per heavy atom. The fraction of sp³-hybridized carbons (Fsp3) is 0.500. The van der Waals surface area contributed by atoms with E-state index >= 15 is 0 Å². The van der Waals surface area contributed by atoms with E-state index in [1.807, 2.05) is 0 Å². The highest BCUT2D eigenvalue weighted by atomic mass is 35.5. The van der Waals surface area contributed by atoms with E-state index in [1.165, 1.54) is 0 Å². The average Bonchev–Trinajstić information content (AvgIpc) is 3.17. The molecule has 2 rings (SSSR count). The molecule has 1 fully saturated rings. The number of nitrogens with zero attached hydrogens (tertiary/aromatic N) is 2. The van der Waals surface area contributed by atoms with Crippen LogP contribution in [0.15, 0.2) is 12.1 Å². The van der Waals surface area contributed by atoms with Gasteiger partial charge < -0.3 is 10.6 Å². The molecule has 1 saturated carbocycles. The molecule has 0 saturated heterocycles. The fourth-order valence-electron chi connectivity index (χ4n) is 2.28. The van der Waals surface area contributed by atoms with Gasteiger partial charge in [-0.1, -0.05) is 11.6 Å². The lowest BCUT2D eigenvalue weighted by molar-refractivity contribution is -0.384. The standard InChI is InChI=1S/C12H15ClFN3O2/c1-16(12(6-15)7-2-3-7)10-5-9(14)8(13)4-11(10)17(18)19/h4-5,7,12H,2-3,6,15H2,1H3. The van der Waals surface area contributed by atoms with E-state index in [0.717, 1.165) is 25.0 Å². The number of likely N-dealkylation sites (N-methyl/N-ethyl adjacent to an activating group) is 1. The summed E-state index contributed by atoms with van der Waals surface area (Å²) in [5, 5.41) is 10.8. The molecular formula is C12H15ClFN3O2. The van der Waals surface area contributed by atoms with E-state index < -0.39 is 10.7 Å². The molecule has 0 amide bonds. The Labute approximate surface area is 115 Å². The molecule has 0 radical (unpaired) electrons. The van der Waals surface area contributed by atoms with Gasteiger partial charge >= 0.3 is 0 Å².